The minimum Gasteiger partial charge on any atom is -0.357 e. The molecule has 17 heavy (non-hydrogen) atoms. The van der Waals surface area contributed by atoms with E-state index in [1.54, 1.807) is 6.07 Å². The lowest BCUT2D eigenvalue weighted by Gasteiger charge is -2.03. The molecule has 1 amide bonds. The summed E-state index contributed by atoms with van der Waals surface area (Å²) in [6.07, 6.45) is 0. The van der Waals surface area contributed by atoms with Crippen molar-refractivity contribution in [1.29, 1.82) is 0 Å². The molecule has 5 heteroatoms. The summed E-state index contributed by atoms with van der Waals surface area (Å²) in [5, 5.41) is 4.21. The number of carbonyl (C=O) groups excluding carboxylic acids is 1. The van der Waals surface area contributed by atoms with E-state index in [1.807, 2.05) is 19.1 Å². The summed E-state index contributed by atoms with van der Waals surface area (Å²) >= 11 is 6.07. The minimum absolute atomic E-state index is 0.124. The SMILES string of the molecule is Cc1[nH]c2c(Cl)cccc2c1C(=O)NCCN. The number of aromatic amines is 1. The van der Waals surface area contributed by atoms with Crippen LogP contribution in [0.25, 0.3) is 10.9 Å². The van der Waals surface area contributed by atoms with Gasteiger partial charge in [0.1, 0.15) is 0 Å². The van der Waals surface area contributed by atoms with Gasteiger partial charge in [0.05, 0.1) is 16.1 Å². The first-order valence-corrected chi connectivity index (χ1v) is 5.78. The monoisotopic (exact) mass is 251 g/mol. The van der Waals surface area contributed by atoms with Crippen molar-refractivity contribution in [3.05, 3.63) is 34.5 Å². The van der Waals surface area contributed by atoms with Crippen LogP contribution in [0.5, 0.6) is 0 Å². The number of fused-ring (bicyclic) bond motifs is 1. The van der Waals surface area contributed by atoms with Crippen molar-refractivity contribution >= 4 is 28.4 Å². The van der Waals surface area contributed by atoms with Crippen LogP contribution >= 0.6 is 11.6 Å². The number of benzene rings is 1. The van der Waals surface area contributed by atoms with Gasteiger partial charge in [-0.1, -0.05) is 23.7 Å². The van der Waals surface area contributed by atoms with Gasteiger partial charge in [0.15, 0.2) is 0 Å². The molecule has 0 aliphatic heterocycles. The second-order valence-corrected chi connectivity index (χ2v) is 4.24. The number of hydrogen-bond donors (Lipinski definition) is 3. The Kier molecular flexibility index (Phi) is 3.36. The van der Waals surface area contributed by atoms with Crippen molar-refractivity contribution in [3.63, 3.8) is 0 Å². The zero-order valence-corrected chi connectivity index (χ0v) is 10.3. The summed E-state index contributed by atoms with van der Waals surface area (Å²) in [6, 6.07) is 5.50. The number of halogens is 1. The summed E-state index contributed by atoms with van der Waals surface area (Å²) in [4.78, 5) is 15.1. The number of nitrogens with two attached hydrogens (primary N) is 1. The molecular weight excluding hydrogens is 238 g/mol. The Balaban J connectivity index is 2.50. The van der Waals surface area contributed by atoms with E-state index in [-0.39, 0.29) is 5.91 Å². The Morgan fingerprint density at radius 2 is 2.29 bits per heavy atom. The summed E-state index contributed by atoms with van der Waals surface area (Å²) in [5.74, 6) is -0.124. The summed E-state index contributed by atoms with van der Waals surface area (Å²) in [7, 11) is 0. The maximum absolute atomic E-state index is 12.0. The van der Waals surface area contributed by atoms with E-state index in [0.29, 0.717) is 23.7 Å². The van der Waals surface area contributed by atoms with Crippen molar-refractivity contribution in [2.24, 2.45) is 5.73 Å². The third-order valence-electron chi connectivity index (χ3n) is 2.63. The largest absolute Gasteiger partial charge is 0.357 e. The van der Waals surface area contributed by atoms with E-state index in [2.05, 4.69) is 10.3 Å². The molecule has 0 aliphatic rings. The van der Waals surface area contributed by atoms with Crippen molar-refractivity contribution in [2.75, 3.05) is 13.1 Å². The molecule has 4 nitrogen and oxygen atoms in total. The lowest BCUT2D eigenvalue weighted by molar-refractivity contribution is 0.0956. The van der Waals surface area contributed by atoms with Crippen LogP contribution in [0, 0.1) is 6.92 Å². The molecule has 1 heterocycles. The molecule has 0 atom stereocenters. The standard InChI is InChI=1S/C12H14ClN3O/c1-7-10(12(17)15-6-5-14)8-3-2-4-9(13)11(8)16-7/h2-4,16H,5-6,14H2,1H3,(H,15,17). The Hall–Kier alpha value is -1.52. The van der Waals surface area contributed by atoms with Crippen LogP contribution in [0.3, 0.4) is 0 Å². The number of amides is 1. The first kappa shape index (κ1) is 12.0. The third-order valence-corrected chi connectivity index (χ3v) is 2.94. The van der Waals surface area contributed by atoms with Gasteiger partial charge in [-0.3, -0.25) is 4.79 Å². The quantitative estimate of drug-likeness (QED) is 0.779. The number of para-hydroxylation sites is 1. The minimum atomic E-state index is -0.124. The van der Waals surface area contributed by atoms with Crippen molar-refractivity contribution in [2.45, 2.75) is 6.92 Å². The topological polar surface area (TPSA) is 70.9 Å². The van der Waals surface area contributed by atoms with Gasteiger partial charge in [-0.25, -0.2) is 0 Å². The lowest BCUT2D eigenvalue weighted by atomic mass is 10.1. The highest BCUT2D eigenvalue weighted by Gasteiger charge is 2.16. The first-order valence-electron chi connectivity index (χ1n) is 5.40. The Morgan fingerprint density at radius 3 is 3.00 bits per heavy atom. The molecule has 0 fully saturated rings. The number of nitrogens with one attached hydrogen (secondary N) is 2. The van der Waals surface area contributed by atoms with E-state index in [0.717, 1.165) is 16.6 Å². The molecular formula is C12H14ClN3O. The van der Waals surface area contributed by atoms with Gasteiger partial charge < -0.3 is 16.0 Å². The Labute approximate surface area is 104 Å². The van der Waals surface area contributed by atoms with Gasteiger partial charge in [-0.2, -0.15) is 0 Å². The highest BCUT2D eigenvalue weighted by atomic mass is 35.5. The molecule has 0 saturated heterocycles. The van der Waals surface area contributed by atoms with E-state index >= 15 is 0 Å². The van der Waals surface area contributed by atoms with Crippen LogP contribution in [0.1, 0.15) is 16.1 Å². The Morgan fingerprint density at radius 1 is 1.53 bits per heavy atom. The van der Waals surface area contributed by atoms with Crippen LogP contribution < -0.4 is 11.1 Å². The number of aromatic nitrogens is 1. The third kappa shape index (κ3) is 2.14. The molecule has 2 rings (SSSR count). The molecule has 0 radical (unpaired) electrons. The molecule has 4 N–H and O–H groups in total. The lowest BCUT2D eigenvalue weighted by Crippen LogP contribution is -2.29. The Bertz CT molecular complexity index is 562. The number of hydrogen-bond acceptors (Lipinski definition) is 2. The second kappa shape index (κ2) is 4.77. The fraction of sp³-hybridized carbons (Fsp3) is 0.250. The number of H-pyrrole nitrogens is 1. The van der Waals surface area contributed by atoms with Crippen LogP contribution in [-0.4, -0.2) is 24.0 Å². The zero-order chi connectivity index (χ0) is 12.4. The fourth-order valence-corrected chi connectivity index (χ4v) is 2.10. The van der Waals surface area contributed by atoms with Crippen molar-refractivity contribution < 1.29 is 4.79 Å². The molecule has 1 aromatic carbocycles. The van der Waals surface area contributed by atoms with Crippen LogP contribution in [0.15, 0.2) is 18.2 Å². The van der Waals surface area contributed by atoms with Crippen molar-refractivity contribution in [1.82, 2.24) is 10.3 Å². The highest BCUT2D eigenvalue weighted by molar-refractivity contribution is 6.35. The number of aryl methyl sites for hydroxylation is 1. The maximum atomic E-state index is 12.0. The predicted molar refractivity (Wildman–Crippen MR) is 69.4 cm³/mol. The predicted octanol–water partition coefficient (Wildman–Crippen LogP) is 1.82. The average molecular weight is 252 g/mol. The fourth-order valence-electron chi connectivity index (χ4n) is 1.88. The van der Waals surface area contributed by atoms with E-state index in [1.165, 1.54) is 0 Å². The van der Waals surface area contributed by atoms with Gasteiger partial charge in [0, 0.05) is 24.2 Å². The van der Waals surface area contributed by atoms with E-state index in [4.69, 9.17) is 17.3 Å². The van der Waals surface area contributed by atoms with Crippen LogP contribution in [0.2, 0.25) is 5.02 Å². The van der Waals surface area contributed by atoms with Gasteiger partial charge in [0.25, 0.3) is 5.91 Å². The molecule has 90 valence electrons. The van der Waals surface area contributed by atoms with Gasteiger partial charge in [0.2, 0.25) is 0 Å². The molecule has 0 spiro atoms. The molecule has 0 saturated carbocycles. The summed E-state index contributed by atoms with van der Waals surface area (Å²) < 4.78 is 0. The highest BCUT2D eigenvalue weighted by Crippen LogP contribution is 2.27. The van der Waals surface area contributed by atoms with Gasteiger partial charge >= 0.3 is 0 Å². The average Bonchev–Trinajstić information content (AvgIpc) is 2.64. The van der Waals surface area contributed by atoms with Crippen LogP contribution in [0.4, 0.5) is 0 Å². The molecule has 1 aromatic heterocycles. The zero-order valence-electron chi connectivity index (χ0n) is 9.51. The first-order chi connectivity index (χ1) is 8.15. The number of rotatable bonds is 3. The van der Waals surface area contributed by atoms with Gasteiger partial charge in [-0.05, 0) is 13.0 Å². The maximum Gasteiger partial charge on any atom is 0.253 e. The van der Waals surface area contributed by atoms with E-state index < -0.39 is 0 Å². The van der Waals surface area contributed by atoms with Gasteiger partial charge in [-0.15, -0.1) is 0 Å². The molecule has 0 aliphatic carbocycles. The summed E-state index contributed by atoms with van der Waals surface area (Å²) in [5.41, 5.74) is 7.60. The molecule has 0 bridgehead atoms. The summed E-state index contributed by atoms with van der Waals surface area (Å²) in [6.45, 7) is 2.74. The number of carbonyl (C=O) groups is 1. The normalized spacial score (nSPS) is 10.8. The van der Waals surface area contributed by atoms with Crippen molar-refractivity contribution in [3.8, 4) is 0 Å². The smallest absolute Gasteiger partial charge is 0.253 e. The molecule has 2 aromatic rings. The van der Waals surface area contributed by atoms with E-state index in [9.17, 15) is 4.79 Å². The molecule has 0 unspecified atom stereocenters. The van der Waals surface area contributed by atoms with Crippen LogP contribution in [-0.2, 0) is 0 Å². The second-order valence-electron chi connectivity index (χ2n) is 3.83.